The predicted molar refractivity (Wildman–Crippen MR) is 174 cm³/mol. The fourth-order valence-electron chi connectivity index (χ4n) is 6.78. The van der Waals surface area contributed by atoms with Crippen LogP contribution in [0.25, 0.3) is 16.8 Å². The Balaban J connectivity index is 0.927. The number of carbonyl (C=O) groups excluding carboxylic acids is 1. The van der Waals surface area contributed by atoms with Gasteiger partial charge in [0, 0.05) is 63.4 Å². The lowest BCUT2D eigenvalue weighted by Gasteiger charge is -2.50. The van der Waals surface area contributed by atoms with E-state index in [1.807, 2.05) is 46.2 Å². The molecule has 47 heavy (non-hydrogen) atoms. The molecule has 0 unspecified atom stereocenters. The minimum atomic E-state index is -0.436. The Morgan fingerprint density at radius 1 is 1.06 bits per heavy atom. The molecule has 14 heteroatoms. The van der Waals surface area contributed by atoms with Gasteiger partial charge in [0.05, 0.1) is 55.5 Å². The Labute approximate surface area is 271 Å². The number of nitrogens with one attached hydrogen (secondary N) is 1. The second-order valence-corrected chi connectivity index (χ2v) is 12.7. The lowest BCUT2D eigenvalue weighted by molar-refractivity contribution is -0.136. The molecule has 240 valence electrons. The predicted octanol–water partition coefficient (Wildman–Crippen LogP) is 2.51. The molecule has 0 aliphatic carbocycles. The number of anilines is 3. The molecule has 4 aromatic heterocycles. The molecule has 7 heterocycles. The van der Waals surface area contributed by atoms with Crippen molar-refractivity contribution in [3.05, 3.63) is 72.9 Å². The number of piperazine rings is 1. The molecule has 8 rings (SSSR count). The highest BCUT2D eigenvalue weighted by molar-refractivity contribution is 5.76. The zero-order valence-corrected chi connectivity index (χ0v) is 26.2. The van der Waals surface area contributed by atoms with E-state index in [1.165, 1.54) is 5.56 Å². The van der Waals surface area contributed by atoms with E-state index in [0.717, 1.165) is 56.2 Å². The molecule has 1 amide bonds. The Bertz CT molecular complexity index is 1950. The molecule has 3 aliphatic heterocycles. The summed E-state index contributed by atoms with van der Waals surface area (Å²) >= 11 is 0. The van der Waals surface area contributed by atoms with Crippen LogP contribution < -0.4 is 10.2 Å². The van der Waals surface area contributed by atoms with Gasteiger partial charge >= 0.3 is 0 Å². The topological polar surface area (TPSA) is 138 Å². The molecule has 3 saturated heterocycles. The van der Waals surface area contributed by atoms with Gasteiger partial charge in [-0.25, -0.2) is 4.52 Å². The van der Waals surface area contributed by atoms with Crippen LogP contribution in [0.2, 0.25) is 0 Å². The number of aryl methyl sites for hydroxylation is 1. The van der Waals surface area contributed by atoms with Crippen molar-refractivity contribution in [1.82, 2.24) is 44.0 Å². The third-order valence-electron chi connectivity index (χ3n) is 9.58. The van der Waals surface area contributed by atoms with E-state index in [2.05, 4.69) is 56.6 Å². The van der Waals surface area contributed by atoms with Crippen molar-refractivity contribution in [3.63, 3.8) is 0 Å². The van der Waals surface area contributed by atoms with Crippen molar-refractivity contribution in [2.24, 2.45) is 0 Å². The maximum absolute atomic E-state index is 13.0. The largest absolute Gasteiger partial charge is 0.378 e. The van der Waals surface area contributed by atoms with Crippen molar-refractivity contribution in [2.45, 2.75) is 31.5 Å². The summed E-state index contributed by atoms with van der Waals surface area (Å²) in [6.07, 6.45) is 9.62. The van der Waals surface area contributed by atoms with Crippen molar-refractivity contribution in [3.8, 4) is 17.2 Å². The lowest BCUT2D eigenvalue weighted by atomic mass is 9.86. The number of aromatic nitrogens is 7. The zero-order valence-electron chi connectivity index (χ0n) is 26.2. The average molecular weight is 633 g/mol. The molecule has 0 saturated carbocycles. The molecule has 1 N–H and O–H groups in total. The van der Waals surface area contributed by atoms with Crippen LogP contribution in [0.3, 0.4) is 0 Å². The van der Waals surface area contributed by atoms with Gasteiger partial charge in [0.2, 0.25) is 11.9 Å². The molecular formula is C33H36N12O2. The summed E-state index contributed by atoms with van der Waals surface area (Å²) in [5.74, 6) is 0.487. The molecule has 3 fully saturated rings. The SMILES string of the molecule is Cc1ccccc1-c1cnn(C2(CC#N)CN(c3cccn4nc(Nc5cnn(CC(=O)N6CCN(C7COC7)CC6)c5)nc34)C2)c1. The Kier molecular flexibility index (Phi) is 7.34. The summed E-state index contributed by atoms with van der Waals surface area (Å²) < 4.78 is 10.7. The highest BCUT2D eigenvalue weighted by Crippen LogP contribution is 2.38. The molecule has 5 aromatic rings. The van der Waals surface area contributed by atoms with Gasteiger partial charge in [0.15, 0.2) is 5.65 Å². The number of carbonyl (C=O) groups is 1. The second-order valence-electron chi connectivity index (χ2n) is 12.7. The number of benzene rings is 1. The first-order valence-electron chi connectivity index (χ1n) is 16.0. The summed E-state index contributed by atoms with van der Waals surface area (Å²) in [5.41, 5.74) is 5.27. The Morgan fingerprint density at radius 3 is 2.66 bits per heavy atom. The minimum absolute atomic E-state index is 0.0585. The van der Waals surface area contributed by atoms with Crippen molar-refractivity contribution in [1.29, 1.82) is 5.26 Å². The van der Waals surface area contributed by atoms with E-state index in [4.69, 9.17) is 14.8 Å². The first-order valence-corrected chi connectivity index (χ1v) is 16.0. The highest BCUT2D eigenvalue weighted by atomic mass is 16.5. The van der Waals surface area contributed by atoms with Crippen molar-refractivity contribution < 1.29 is 9.53 Å². The molecule has 0 bridgehead atoms. The van der Waals surface area contributed by atoms with Gasteiger partial charge in [0.25, 0.3) is 0 Å². The zero-order chi connectivity index (χ0) is 32.0. The average Bonchev–Trinajstić information content (AvgIpc) is 3.79. The number of nitriles is 1. The smallest absolute Gasteiger partial charge is 0.247 e. The number of pyridine rings is 1. The highest BCUT2D eigenvalue weighted by Gasteiger charge is 2.46. The molecular weight excluding hydrogens is 596 g/mol. The molecule has 0 radical (unpaired) electrons. The molecule has 14 nitrogen and oxygen atoms in total. The summed E-state index contributed by atoms with van der Waals surface area (Å²) in [5, 5.41) is 26.7. The Hall–Kier alpha value is -5.26. The van der Waals surface area contributed by atoms with Gasteiger partial charge in [0.1, 0.15) is 12.1 Å². The van der Waals surface area contributed by atoms with Crippen LogP contribution in [0.15, 0.2) is 67.4 Å². The van der Waals surface area contributed by atoms with Crippen LogP contribution >= 0.6 is 0 Å². The standard InChI is InChI=1S/C33H36N12O2/c1-24-5-2-3-6-28(24)25-15-36-45(17-25)33(8-9-34)22-42(23-33)29-7-4-10-44-31(29)38-32(39-44)37-26-16-35-43(18-26)19-30(46)41-13-11-40(12-14-41)27-20-47-21-27/h2-7,10,15-18,27H,8,11-14,19-23H2,1H3,(H,37,39). The third kappa shape index (κ3) is 5.47. The van der Waals surface area contributed by atoms with E-state index in [1.54, 1.807) is 21.6 Å². The monoisotopic (exact) mass is 632 g/mol. The summed E-state index contributed by atoms with van der Waals surface area (Å²) in [6.45, 7) is 8.30. The summed E-state index contributed by atoms with van der Waals surface area (Å²) in [7, 11) is 0. The molecule has 0 spiro atoms. The van der Waals surface area contributed by atoms with E-state index in [-0.39, 0.29) is 12.5 Å². The van der Waals surface area contributed by atoms with E-state index < -0.39 is 5.54 Å². The number of rotatable bonds is 9. The van der Waals surface area contributed by atoms with Gasteiger partial charge in [-0.15, -0.1) is 5.10 Å². The number of ether oxygens (including phenoxy) is 1. The quantitative estimate of drug-likeness (QED) is 0.258. The lowest BCUT2D eigenvalue weighted by Crippen LogP contribution is -2.63. The van der Waals surface area contributed by atoms with Crippen LogP contribution in [0.5, 0.6) is 0 Å². The number of hydrogen-bond acceptors (Lipinski definition) is 10. The van der Waals surface area contributed by atoms with Crippen LogP contribution in [0, 0.1) is 18.3 Å². The molecule has 1 aromatic carbocycles. The molecule has 3 aliphatic rings. The van der Waals surface area contributed by atoms with Crippen molar-refractivity contribution >= 4 is 28.9 Å². The maximum Gasteiger partial charge on any atom is 0.247 e. The van der Waals surface area contributed by atoms with Crippen molar-refractivity contribution in [2.75, 3.05) is 62.7 Å². The number of fused-ring (bicyclic) bond motifs is 1. The Morgan fingerprint density at radius 2 is 1.89 bits per heavy atom. The maximum atomic E-state index is 13.0. The summed E-state index contributed by atoms with van der Waals surface area (Å²) in [4.78, 5) is 24.3. The first-order chi connectivity index (χ1) is 23.0. The first kappa shape index (κ1) is 29.2. The normalized spacial score (nSPS) is 18.1. The fourth-order valence-corrected chi connectivity index (χ4v) is 6.78. The fraction of sp³-hybridized carbons (Fsp3) is 0.394. The van der Waals surface area contributed by atoms with Crippen LogP contribution in [0.4, 0.5) is 17.3 Å². The van der Waals surface area contributed by atoms with Gasteiger partial charge < -0.3 is 19.9 Å². The van der Waals surface area contributed by atoms with Gasteiger partial charge in [-0.1, -0.05) is 24.3 Å². The molecule has 0 atom stereocenters. The number of hydrogen-bond donors (Lipinski definition) is 1. The summed E-state index contributed by atoms with van der Waals surface area (Å²) in [6, 6.07) is 15.1. The van der Waals surface area contributed by atoms with Crippen LogP contribution in [-0.2, 0) is 21.6 Å². The van der Waals surface area contributed by atoms with Gasteiger partial charge in [-0.3, -0.25) is 19.1 Å². The van der Waals surface area contributed by atoms with E-state index in [9.17, 15) is 10.1 Å². The minimum Gasteiger partial charge on any atom is -0.378 e. The van der Waals surface area contributed by atoms with Crippen LogP contribution in [0.1, 0.15) is 12.0 Å². The second kappa shape index (κ2) is 11.8. The van der Waals surface area contributed by atoms with Gasteiger partial charge in [-0.2, -0.15) is 20.4 Å². The number of nitrogens with zero attached hydrogens (tertiary/aromatic N) is 11. The van der Waals surface area contributed by atoms with E-state index >= 15 is 0 Å². The van der Waals surface area contributed by atoms with Crippen LogP contribution in [-0.4, -0.2) is 108 Å². The van der Waals surface area contributed by atoms with Gasteiger partial charge in [-0.05, 0) is 30.2 Å². The third-order valence-corrected chi connectivity index (χ3v) is 9.58. The number of amides is 1. The van der Waals surface area contributed by atoms with E-state index in [0.29, 0.717) is 42.8 Å².